The Morgan fingerprint density at radius 1 is 1.18 bits per heavy atom. The Balaban J connectivity index is 4.42. The standard InChI is InChI=1S/C12H22O3Si2/c1-6-17(7-2,8-3)10-9-16(4,5)11-15-12(13)14/h6-8H,1-3,9-11H2,4-5H3,(H,13,14). The largest absolute Gasteiger partial charge is 0.505 e. The van der Waals surface area contributed by atoms with Crippen molar-refractivity contribution < 1.29 is 14.6 Å². The Bertz CT molecular complexity index is 289. The van der Waals surface area contributed by atoms with E-state index in [1.54, 1.807) is 0 Å². The van der Waals surface area contributed by atoms with Gasteiger partial charge in [-0.1, -0.05) is 36.2 Å². The molecule has 0 aliphatic carbocycles. The molecule has 0 aliphatic heterocycles. The van der Waals surface area contributed by atoms with E-state index >= 15 is 0 Å². The zero-order chi connectivity index (χ0) is 13.5. The number of carbonyl (C=O) groups is 1. The predicted octanol–water partition coefficient (Wildman–Crippen LogP) is 3.55. The van der Waals surface area contributed by atoms with Gasteiger partial charge in [-0.05, 0) is 6.04 Å². The average Bonchev–Trinajstić information content (AvgIpc) is 2.29. The van der Waals surface area contributed by atoms with Crippen molar-refractivity contribution in [3.05, 3.63) is 36.8 Å². The van der Waals surface area contributed by atoms with Gasteiger partial charge in [0.05, 0.1) is 14.3 Å². The smallest absolute Gasteiger partial charge is 0.450 e. The van der Waals surface area contributed by atoms with Gasteiger partial charge in [0.15, 0.2) is 0 Å². The molecule has 0 saturated heterocycles. The number of ether oxygens (including phenoxy) is 1. The Labute approximate surface area is 106 Å². The van der Waals surface area contributed by atoms with Gasteiger partial charge in [-0.25, -0.2) is 4.79 Å². The number of hydrogen-bond donors (Lipinski definition) is 1. The van der Waals surface area contributed by atoms with E-state index < -0.39 is 22.3 Å². The molecule has 0 saturated carbocycles. The predicted molar refractivity (Wildman–Crippen MR) is 77.4 cm³/mol. The van der Waals surface area contributed by atoms with E-state index in [-0.39, 0.29) is 0 Å². The molecule has 0 aliphatic rings. The first-order valence-corrected chi connectivity index (χ1v) is 11.4. The summed E-state index contributed by atoms with van der Waals surface area (Å²) in [6, 6.07) is 1.99. The molecular formula is C12H22O3Si2. The van der Waals surface area contributed by atoms with Crippen molar-refractivity contribution in [2.24, 2.45) is 0 Å². The van der Waals surface area contributed by atoms with Crippen LogP contribution in [0.2, 0.25) is 25.2 Å². The molecule has 0 bridgehead atoms. The van der Waals surface area contributed by atoms with Gasteiger partial charge in [-0.15, -0.1) is 19.7 Å². The lowest BCUT2D eigenvalue weighted by Crippen LogP contribution is -2.37. The zero-order valence-electron chi connectivity index (χ0n) is 10.7. The van der Waals surface area contributed by atoms with Gasteiger partial charge in [0.2, 0.25) is 0 Å². The molecule has 0 rings (SSSR count). The van der Waals surface area contributed by atoms with E-state index in [0.717, 1.165) is 12.1 Å². The molecule has 0 aromatic carbocycles. The van der Waals surface area contributed by atoms with Crippen molar-refractivity contribution >= 4 is 22.3 Å². The van der Waals surface area contributed by atoms with Gasteiger partial charge in [0.1, 0.15) is 8.07 Å². The second-order valence-corrected chi connectivity index (χ2v) is 14.0. The van der Waals surface area contributed by atoms with Gasteiger partial charge in [0, 0.05) is 0 Å². The number of rotatable bonds is 8. The molecule has 0 atom stereocenters. The molecule has 96 valence electrons. The zero-order valence-corrected chi connectivity index (χ0v) is 12.7. The van der Waals surface area contributed by atoms with Gasteiger partial charge >= 0.3 is 6.16 Å². The maximum atomic E-state index is 10.4. The molecule has 0 amide bonds. The molecule has 1 N–H and O–H groups in total. The summed E-state index contributed by atoms with van der Waals surface area (Å²) in [5.74, 6) is 0. The lowest BCUT2D eigenvalue weighted by Gasteiger charge is -2.26. The molecule has 0 aromatic heterocycles. The molecular weight excluding hydrogens is 248 g/mol. The van der Waals surface area contributed by atoms with Crippen LogP contribution in [0.25, 0.3) is 0 Å². The summed E-state index contributed by atoms with van der Waals surface area (Å²) in [6.07, 6.45) is -0.844. The van der Waals surface area contributed by atoms with E-state index in [9.17, 15) is 4.79 Å². The monoisotopic (exact) mass is 270 g/mol. The second-order valence-electron chi connectivity index (χ2n) is 4.94. The van der Waals surface area contributed by atoms with Crippen LogP contribution in [0, 0.1) is 0 Å². The Morgan fingerprint density at radius 3 is 2.00 bits per heavy atom. The molecule has 0 heterocycles. The van der Waals surface area contributed by atoms with Crippen LogP contribution in [0.1, 0.15) is 0 Å². The van der Waals surface area contributed by atoms with Crippen LogP contribution in [0.5, 0.6) is 0 Å². The summed E-state index contributed by atoms with van der Waals surface area (Å²) >= 11 is 0. The van der Waals surface area contributed by atoms with Crippen LogP contribution in [0.15, 0.2) is 36.8 Å². The second kappa shape index (κ2) is 6.61. The fraction of sp³-hybridized carbons (Fsp3) is 0.417. The van der Waals surface area contributed by atoms with Gasteiger partial charge in [-0.3, -0.25) is 0 Å². The van der Waals surface area contributed by atoms with E-state index in [2.05, 4.69) is 37.6 Å². The third-order valence-electron chi connectivity index (χ3n) is 2.96. The third kappa shape index (κ3) is 5.69. The van der Waals surface area contributed by atoms with Crippen molar-refractivity contribution in [2.75, 3.05) is 6.23 Å². The maximum Gasteiger partial charge on any atom is 0.505 e. The first-order chi connectivity index (χ1) is 7.81. The molecule has 3 nitrogen and oxygen atoms in total. The molecule has 0 unspecified atom stereocenters. The molecule has 17 heavy (non-hydrogen) atoms. The number of carboxylic acid groups (broad SMARTS) is 1. The van der Waals surface area contributed by atoms with Gasteiger partial charge in [0.25, 0.3) is 0 Å². The summed E-state index contributed by atoms with van der Waals surface area (Å²) in [5, 5.41) is 8.50. The summed E-state index contributed by atoms with van der Waals surface area (Å²) < 4.78 is 4.69. The van der Waals surface area contributed by atoms with Crippen molar-refractivity contribution in [2.45, 2.75) is 25.2 Å². The highest BCUT2D eigenvalue weighted by Gasteiger charge is 2.29. The minimum Gasteiger partial charge on any atom is -0.450 e. The quantitative estimate of drug-likeness (QED) is 0.542. The highest BCUT2D eigenvalue weighted by atomic mass is 28.3. The van der Waals surface area contributed by atoms with E-state index in [4.69, 9.17) is 5.11 Å². The Hall–Kier alpha value is -1.08. The van der Waals surface area contributed by atoms with Crippen LogP contribution in [-0.4, -0.2) is 33.6 Å². The third-order valence-corrected chi connectivity index (χ3v) is 9.39. The van der Waals surface area contributed by atoms with Crippen LogP contribution in [-0.2, 0) is 4.74 Å². The van der Waals surface area contributed by atoms with Crippen molar-refractivity contribution in [3.63, 3.8) is 0 Å². The van der Waals surface area contributed by atoms with E-state index in [1.807, 2.05) is 17.1 Å². The van der Waals surface area contributed by atoms with Crippen molar-refractivity contribution in [1.82, 2.24) is 0 Å². The fourth-order valence-corrected chi connectivity index (χ4v) is 7.65. The first-order valence-electron chi connectivity index (χ1n) is 5.57. The summed E-state index contributed by atoms with van der Waals surface area (Å²) in [5.41, 5.74) is 5.90. The molecule has 0 fully saturated rings. The van der Waals surface area contributed by atoms with Crippen molar-refractivity contribution in [3.8, 4) is 0 Å². The van der Waals surface area contributed by atoms with E-state index in [1.165, 1.54) is 0 Å². The van der Waals surface area contributed by atoms with Crippen LogP contribution in [0.3, 0.4) is 0 Å². The molecule has 0 radical (unpaired) electrons. The van der Waals surface area contributed by atoms with Crippen LogP contribution < -0.4 is 0 Å². The number of hydrogen-bond acceptors (Lipinski definition) is 2. The van der Waals surface area contributed by atoms with Crippen LogP contribution in [0.4, 0.5) is 4.79 Å². The van der Waals surface area contributed by atoms with Gasteiger partial charge < -0.3 is 9.84 Å². The maximum absolute atomic E-state index is 10.4. The fourth-order valence-electron chi connectivity index (χ4n) is 1.44. The highest BCUT2D eigenvalue weighted by Crippen LogP contribution is 2.23. The molecule has 0 aromatic rings. The SMILES string of the molecule is C=C[Si](C=C)(C=C)CC[Si](C)(C)COC(=O)O. The average molecular weight is 270 g/mol. The normalized spacial score (nSPS) is 11.6. The topological polar surface area (TPSA) is 46.5 Å². The lowest BCUT2D eigenvalue weighted by molar-refractivity contribution is 0.105. The van der Waals surface area contributed by atoms with Crippen molar-refractivity contribution in [1.29, 1.82) is 0 Å². The lowest BCUT2D eigenvalue weighted by atomic mass is 10.9. The minimum atomic E-state index is -1.76. The summed E-state index contributed by atoms with van der Waals surface area (Å²) in [4.78, 5) is 10.4. The van der Waals surface area contributed by atoms with Gasteiger partial charge in [-0.2, -0.15) is 0 Å². The summed E-state index contributed by atoms with van der Waals surface area (Å²) in [6.45, 7) is 15.8. The highest BCUT2D eigenvalue weighted by molar-refractivity contribution is 6.94. The minimum absolute atomic E-state index is 0.345. The molecule has 0 spiro atoms. The van der Waals surface area contributed by atoms with Crippen LogP contribution >= 0.6 is 0 Å². The van der Waals surface area contributed by atoms with E-state index in [0.29, 0.717) is 6.23 Å². The summed E-state index contributed by atoms with van der Waals surface area (Å²) in [7, 11) is -3.40. The first kappa shape index (κ1) is 15.9. The molecule has 5 heteroatoms. The Kier molecular flexibility index (Phi) is 6.19. The Morgan fingerprint density at radius 2 is 1.65 bits per heavy atom.